The molecule has 0 bridgehead atoms. The number of methoxy groups -OCH3 is 1. The molecule has 0 atom stereocenters. The summed E-state index contributed by atoms with van der Waals surface area (Å²) in [6.07, 6.45) is -0.372. The average molecular weight is 355 g/mol. The largest absolute Gasteiger partial charge is 0.496 e. The van der Waals surface area contributed by atoms with E-state index >= 15 is 0 Å². The van der Waals surface area contributed by atoms with Crippen LogP contribution in [-0.2, 0) is 11.2 Å². The molecule has 132 valence electrons. The first kappa shape index (κ1) is 15.9. The molecule has 8 nitrogen and oxygen atoms in total. The summed E-state index contributed by atoms with van der Waals surface area (Å²) in [6, 6.07) is 8.16. The predicted molar refractivity (Wildman–Crippen MR) is 92.1 cm³/mol. The van der Waals surface area contributed by atoms with Crippen molar-refractivity contribution in [3.05, 3.63) is 46.0 Å². The fraction of sp³-hybridized carbons (Fsp3) is 0.167. The van der Waals surface area contributed by atoms with E-state index in [-0.39, 0.29) is 24.3 Å². The summed E-state index contributed by atoms with van der Waals surface area (Å²) in [5.74, 6) is 0.128. The zero-order valence-corrected chi connectivity index (χ0v) is 13.6. The number of nitrogens with zero attached hydrogens (tertiary/aromatic N) is 1. The predicted octanol–water partition coefficient (Wildman–Crippen LogP) is 3.27. The quantitative estimate of drug-likeness (QED) is 0.435. The van der Waals surface area contributed by atoms with Gasteiger partial charge in [0.1, 0.15) is 5.75 Å². The van der Waals surface area contributed by atoms with E-state index in [9.17, 15) is 20.0 Å². The molecule has 0 spiro atoms. The number of hydrogen-bond donors (Lipinski definition) is 1. The first-order valence-corrected chi connectivity index (χ1v) is 7.72. The fourth-order valence-electron chi connectivity index (χ4n) is 3.39. The first-order chi connectivity index (χ1) is 12.5. The second-order valence-electron chi connectivity index (χ2n) is 5.80. The number of rotatable bonds is 4. The molecule has 4 rings (SSSR count). The van der Waals surface area contributed by atoms with Gasteiger partial charge in [0, 0.05) is 16.8 Å². The molecule has 3 aromatic rings. The second-order valence-corrected chi connectivity index (χ2v) is 5.80. The minimum Gasteiger partial charge on any atom is -0.496 e. The van der Waals surface area contributed by atoms with Crippen LogP contribution in [0, 0.1) is 10.1 Å². The van der Waals surface area contributed by atoms with Gasteiger partial charge in [0.25, 0.3) is 5.69 Å². The summed E-state index contributed by atoms with van der Waals surface area (Å²) in [6.45, 7) is -0.0326. The van der Waals surface area contributed by atoms with Gasteiger partial charge >= 0.3 is 5.97 Å². The van der Waals surface area contributed by atoms with Crippen LogP contribution in [0.1, 0.15) is 5.56 Å². The number of carboxylic acid groups (broad SMARTS) is 1. The van der Waals surface area contributed by atoms with Crippen molar-refractivity contribution in [1.29, 1.82) is 0 Å². The number of nitro benzene ring substituents is 1. The van der Waals surface area contributed by atoms with Crippen LogP contribution in [0.4, 0.5) is 5.69 Å². The number of benzene rings is 3. The highest BCUT2D eigenvalue weighted by atomic mass is 16.7. The van der Waals surface area contributed by atoms with Crippen LogP contribution in [0.3, 0.4) is 0 Å². The normalized spacial score (nSPS) is 12.5. The van der Waals surface area contributed by atoms with Crippen molar-refractivity contribution in [1.82, 2.24) is 0 Å². The summed E-state index contributed by atoms with van der Waals surface area (Å²) in [5.41, 5.74) is 0.0970. The highest BCUT2D eigenvalue weighted by molar-refractivity contribution is 6.18. The smallest absolute Gasteiger partial charge is 0.307 e. The average Bonchev–Trinajstić information content (AvgIpc) is 3.07. The Hall–Kier alpha value is -3.55. The number of aliphatic carboxylic acids is 1. The Labute approximate surface area is 146 Å². The lowest BCUT2D eigenvalue weighted by molar-refractivity contribution is -0.383. The van der Waals surface area contributed by atoms with Crippen LogP contribution in [0.2, 0.25) is 0 Å². The van der Waals surface area contributed by atoms with Crippen molar-refractivity contribution in [3.8, 4) is 17.2 Å². The Morgan fingerprint density at radius 2 is 2.08 bits per heavy atom. The van der Waals surface area contributed by atoms with Gasteiger partial charge in [-0.3, -0.25) is 14.9 Å². The van der Waals surface area contributed by atoms with Crippen LogP contribution in [-0.4, -0.2) is 29.9 Å². The maximum absolute atomic E-state index is 11.7. The molecule has 8 heteroatoms. The number of carboxylic acids is 1. The van der Waals surface area contributed by atoms with E-state index in [2.05, 4.69) is 0 Å². The molecule has 0 saturated heterocycles. The highest BCUT2D eigenvalue weighted by Gasteiger charge is 2.28. The van der Waals surface area contributed by atoms with Crippen molar-refractivity contribution in [2.45, 2.75) is 6.42 Å². The Bertz CT molecular complexity index is 1090. The monoisotopic (exact) mass is 355 g/mol. The summed E-state index contributed by atoms with van der Waals surface area (Å²) in [7, 11) is 1.48. The SMILES string of the molecule is COc1cccc2c1cc([N+](=O)[O-])c1c(CC(=O)O)cc3c(c12)OCO3. The topological polar surface area (TPSA) is 108 Å². The molecule has 1 aliphatic rings. The first-order valence-electron chi connectivity index (χ1n) is 7.72. The van der Waals surface area contributed by atoms with E-state index in [1.807, 2.05) is 0 Å². The van der Waals surface area contributed by atoms with Gasteiger partial charge in [-0.15, -0.1) is 0 Å². The zero-order valence-electron chi connectivity index (χ0n) is 13.6. The van der Waals surface area contributed by atoms with E-state index < -0.39 is 10.9 Å². The van der Waals surface area contributed by atoms with Crippen molar-refractivity contribution < 1.29 is 29.0 Å². The molecule has 0 radical (unpaired) electrons. The van der Waals surface area contributed by atoms with Gasteiger partial charge in [0.05, 0.1) is 23.8 Å². The van der Waals surface area contributed by atoms with Crippen molar-refractivity contribution in [2.24, 2.45) is 0 Å². The lowest BCUT2D eigenvalue weighted by atomic mass is 9.93. The molecule has 0 saturated carbocycles. The Morgan fingerprint density at radius 1 is 1.27 bits per heavy atom. The van der Waals surface area contributed by atoms with Gasteiger partial charge in [-0.25, -0.2) is 0 Å². The van der Waals surface area contributed by atoms with E-state index in [1.165, 1.54) is 19.2 Å². The molecule has 0 aromatic heterocycles. The Kier molecular flexibility index (Phi) is 3.54. The second kappa shape index (κ2) is 5.76. The molecule has 0 aliphatic carbocycles. The maximum atomic E-state index is 11.7. The third-order valence-corrected chi connectivity index (χ3v) is 4.38. The van der Waals surface area contributed by atoms with Gasteiger partial charge < -0.3 is 19.3 Å². The van der Waals surface area contributed by atoms with Crippen molar-refractivity contribution in [2.75, 3.05) is 13.9 Å². The van der Waals surface area contributed by atoms with Gasteiger partial charge in [-0.05, 0) is 23.1 Å². The molecular weight excluding hydrogens is 342 g/mol. The lowest BCUT2D eigenvalue weighted by Crippen LogP contribution is -2.03. The number of ether oxygens (including phenoxy) is 3. The molecule has 1 N–H and O–H groups in total. The van der Waals surface area contributed by atoms with Gasteiger partial charge in [0.15, 0.2) is 11.5 Å². The number of hydrogen-bond acceptors (Lipinski definition) is 6. The fourth-order valence-corrected chi connectivity index (χ4v) is 3.39. The van der Waals surface area contributed by atoms with E-state index in [4.69, 9.17) is 14.2 Å². The summed E-state index contributed by atoms with van der Waals surface area (Å²) >= 11 is 0. The van der Waals surface area contributed by atoms with Crippen LogP contribution in [0.25, 0.3) is 21.5 Å². The number of nitro groups is 1. The molecular formula is C18H13NO7. The minimum absolute atomic E-state index is 0.0326. The van der Waals surface area contributed by atoms with Gasteiger partial charge in [0.2, 0.25) is 6.79 Å². The lowest BCUT2D eigenvalue weighted by Gasteiger charge is -2.13. The Morgan fingerprint density at radius 3 is 2.77 bits per heavy atom. The van der Waals surface area contributed by atoms with Gasteiger partial charge in [-0.2, -0.15) is 0 Å². The van der Waals surface area contributed by atoms with Crippen molar-refractivity contribution >= 4 is 33.2 Å². The summed E-state index contributed by atoms with van der Waals surface area (Å²) < 4.78 is 16.3. The summed E-state index contributed by atoms with van der Waals surface area (Å²) in [4.78, 5) is 22.5. The molecule has 3 aromatic carbocycles. The third kappa shape index (κ3) is 2.26. The number of fused-ring (bicyclic) bond motifs is 5. The van der Waals surface area contributed by atoms with Crippen LogP contribution < -0.4 is 14.2 Å². The van der Waals surface area contributed by atoms with Crippen LogP contribution in [0.5, 0.6) is 17.2 Å². The zero-order chi connectivity index (χ0) is 18.4. The number of non-ortho nitro benzene ring substituents is 1. The molecule has 26 heavy (non-hydrogen) atoms. The molecule has 1 aliphatic heterocycles. The van der Waals surface area contributed by atoms with E-state index in [0.29, 0.717) is 39.0 Å². The third-order valence-electron chi connectivity index (χ3n) is 4.38. The van der Waals surface area contributed by atoms with Crippen LogP contribution >= 0.6 is 0 Å². The van der Waals surface area contributed by atoms with Gasteiger partial charge in [-0.1, -0.05) is 12.1 Å². The molecule has 0 amide bonds. The standard InChI is InChI=1S/C18H13NO7/c1-24-13-4-2-3-10-11(13)7-12(19(22)23)16-9(6-15(20)21)5-14-18(17(10)16)26-8-25-14/h2-5,7H,6,8H2,1H3,(H,20,21). The Balaban J connectivity index is 2.26. The highest BCUT2D eigenvalue weighted by Crippen LogP contribution is 2.48. The molecule has 1 heterocycles. The minimum atomic E-state index is -1.09. The molecule has 0 fully saturated rings. The molecule has 0 unspecified atom stereocenters. The number of carbonyl (C=O) groups is 1. The van der Waals surface area contributed by atoms with Crippen LogP contribution in [0.15, 0.2) is 30.3 Å². The van der Waals surface area contributed by atoms with E-state index in [1.54, 1.807) is 18.2 Å². The van der Waals surface area contributed by atoms with E-state index in [0.717, 1.165) is 0 Å². The maximum Gasteiger partial charge on any atom is 0.307 e. The van der Waals surface area contributed by atoms with Crippen molar-refractivity contribution in [3.63, 3.8) is 0 Å². The summed E-state index contributed by atoms with van der Waals surface area (Å²) in [5, 5.41) is 22.9.